The fourth-order valence-electron chi connectivity index (χ4n) is 10.7. The maximum absolute atomic E-state index is 12.7. The highest BCUT2D eigenvalue weighted by Gasteiger charge is 2.59. The Hall–Kier alpha value is -2.48. The highest BCUT2D eigenvalue weighted by Crippen LogP contribution is 2.67. The van der Waals surface area contributed by atoms with Gasteiger partial charge in [0.05, 0.1) is 6.04 Å². The number of hydrogen-bond acceptors (Lipinski definition) is 4. The molecule has 4 fully saturated rings. The van der Waals surface area contributed by atoms with Crippen molar-refractivity contribution in [3.63, 3.8) is 0 Å². The molecule has 5 aliphatic carbocycles. The fraction of sp³-hybridized carbons (Fsp3) is 0.722. The lowest BCUT2D eigenvalue weighted by Gasteiger charge is -2.60. The summed E-state index contributed by atoms with van der Waals surface area (Å²) in [5, 5.41) is 0. The molecule has 5 heteroatoms. The summed E-state index contributed by atoms with van der Waals surface area (Å²) in [4.78, 5) is 26.5. The summed E-state index contributed by atoms with van der Waals surface area (Å²) >= 11 is 0. The number of aryl methyl sites for hydroxylation is 1. The Morgan fingerprint density at radius 2 is 1.78 bits per heavy atom. The van der Waals surface area contributed by atoms with Crippen LogP contribution in [0, 0.1) is 52.9 Å². The predicted molar refractivity (Wildman–Crippen MR) is 159 cm³/mol. The summed E-state index contributed by atoms with van der Waals surface area (Å²) in [6.45, 7) is 4.85. The number of benzene rings is 1. The molecule has 0 saturated heterocycles. The van der Waals surface area contributed by atoms with Crippen LogP contribution in [0.15, 0.2) is 24.3 Å². The highest BCUT2D eigenvalue weighted by molar-refractivity contribution is 5.72. The molecule has 8 unspecified atom stereocenters. The number of terminal acetylenes is 1. The third kappa shape index (κ3) is 5.19. The SMILES string of the molecule is C#CN(C(=O)OCOC(=O)CCCC1CCC2C3CCC4CCCCC4(C)C3CCC12C)C1CCc2ccccc21. The molecule has 1 amide bonds. The van der Waals surface area contributed by atoms with Crippen molar-refractivity contribution in [3.8, 4) is 12.5 Å². The Bertz CT molecular complexity index is 1170. The zero-order valence-electron chi connectivity index (χ0n) is 25.2. The summed E-state index contributed by atoms with van der Waals surface area (Å²) in [6, 6.07) is 10.3. The number of hydrogen-bond donors (Lipinski definition) is 0. The van der Waals surface area contributed by atoms with Gasteiger partial charge in [0.2, 0.25) is 6.79 Å². The van der Waals surface area contributed by atoms with Crippen molar-refractivity contribution in [3.05, 3.63) is 35.4 Å². The van der Waals surface area contributed by atoms with Gasteiger partial charge < -0.3 is 9.47 Å². The van der Waals surface area contributed by atoms with Crippen LogP contribution in [0.1, 0.15) is 121 Å². The molecule has 222 valence electrons. The third-order valence-corrected chi connectivity index (χ3v) is 12.9. The van der Waals surface area contributed by atoms with Crippen molar-refractivity contribution in [2.45, 2.75) is 116 Å². The average Bonchev–Trinajstić information content (AvgIpc) is 3.54. The quantitative estimate of drug-likeness (QED) is 0.146. The van der Waals surface area contributed by atoms with E-state index in [1.807, 2.05) is 18.2 Å². The van der Waals surface area contributed by atoms with Crippen molar-refractivity contribution in [2.75, 3.05) is 6.79 Å². The zero-order valence-corrected chi connectivity index (χ0v) is 25.2. The first-order valence-corrected chi connectivity index (χ1v) is 16.5. The van der Waals surface area contributed by atoms with E-state index in [0.717, 1.165) is 54.9 Å². The van der Waals surface area contributed by atoms with Gasteiger partial charge in [0, 0.05) is 12.5 Å². The van der Waals surface area contributed by atoms with Crippen molar-refractivity contribution in [1.29, 1.82) is 0 Å². The van der Waals surface area contributed by atoms with E-state index in [9.17, 15) is 9.59 Å². The minimum absolute atomic E-state index is 0.202. The molecule has 8 atom stereocenters. The number of carbonyl (C=O) groups is 2. The summed E-state index contributed by atoms with van der Waals surface area (Å²) < 4.78 is 10.5. The van der Waals surface area contributed by atoms with Crippen LogP contribution in [0.4, 0.5) is 4.79 Å². The molecule has 0 aliphatic heterocycles. The molecule has 5 aliphatic rings. The molecule has 1 aromatic rings. The molecular formula is C36H49NO4. The first-order chi connectivity index (χ1) is 19.8. The van der Waals surface area contributed by atoms with Crippen molar-refractivity contribution in [1.82, 2.24) is 4.90 Å². The van der Waals surface area contributed by atoms with Crippen molar-refractivity contribution in [2.24, 2.45) is 40.4 Å². The largest absolute Gasteiger partial charge is 0.428 e. The summed E-state index contributed by atoms with van der Waals surface area (Å²) in [7, 11) is 0. The third-order valence-electron chi connectivity index (χ3n) is 12.9. The smallest absolute Gasteiger partial charge is 0.425 e. The van der Waals surface area contributed by atoms with Crippen LogP contribution in [-0.4, -0.2) is 23.8 Å². The summed E-state index contributed by atoms with van der Waals surface area (Å²) in [5.41, 5.74) is 3.28. The molecule has 0 radical (unpaired) electrons. The second-order valence-electron chi connectivity index (χ2n) is 14.4. The normalized spacial score (nSPS) is 37.1. The minimum Gasteiger partial charge on any atom is -0.428 e. The van der Waals surface area contributed by atoms with E-state index in [-0.39, 0.29) is 12.0 Å². The lowest BCUT2D eigenvalue weighted by atomic mass is 9.45. The van der Waals surface area contributed by atoms with E-state index in [0.29, 0.717) is 23.2 Å². The topological polar surface area (TPSA) is 55.8 Å². The van der Waals surface area contributed by atoms with Crippen LogP contribution in [0.3, 0.4) is 0 Å². The fourth-order valence-corrected chi connectivity index (χ4v) is 10.7. The van der Waals surface area contributed by atoms with Gasteiger partial charge in [0.25, 0.3) is 0 Å². The lowest BCUT2D eigenvalue weighted by Crippen LogP contribution is -2.52. The Balaban J connectivity index is 0.947. The van der Waals surface area contributed by atoms with Gasteiger partial charge in [-0.15, -0.1) is 0 Å². The van der Waals surface area contributed by atoms with E-state index in [4.69, 9.17) is 15.9 Å². The predicted octanol–water partition coefficient (Wildman–Crippen LogP) is 8.42. The van der Waals surface area contributed by atoms with Gasteiger partial charge in [-0.1, -0.05) is 57.4 Å². The highest BCUT2D eigenvalue weighted by atomic mass is 16.7. The van der Waals surface area contributed by atoms with Gasteiger partial charge >= 0.3 is 12.1 Å². The number of nitrogens with zero attached hydrogens (tertiary/aromatic N) is 1. The zero-order chi connectivity index (χ0) is 28.6. The lowest BCUT2D eigenvalue weighted by molar-refractivity contribution is -0.152. The molecule has 41 heavy (non-hydrogen) atoms. The van der Waals surface area contributed by atoms with Crippen molar-refractivity contribution < 1.29 is 19.1 Å². The second-order valence-corrected chi connectivity index (χ2v) is 14.4. The van der Waals surface area contributed by atoms with Crippen LogP contribution in [0.2, 0.25) is 0 Å². The minimum atomic E-state index is -0.640. The molecule has 1 aromatic carbocycles. The van der Waals surface area contributed by atoms with Crippen LogP contribution in [0.25, 0.3) is 0 Å². The van der Waals surface area contributed by atoms with Crippen molar-refractivity contribution >= 4 is 12.1 Å². The first kappa shape index (κ1) is 28.6. The average molecular weight is 560 g/mol. The monoisotopic (exact) mass is 559 g/mol. The first-order valence-electron chi connectivity index (χ1n) is 16.5. The molecule has 0 bridgehead atoms. The number of esters is 1. The molecule has 0 aromatic heterocycles. The number of carbonyl (C=O) groups excluding carboxylic acids is 2. The molecule has 5 nitrogen and oxygen atoms in total. The van der Waals surface area contributed by atoms with Gasteiger partial charge in [-0.2, -0.15) is 0 Å². The molecule has 0 heterocycles. The number of amides is 1. The maximum atomic E-state index is 12.7. The molecule has 0 spiro atoms. The van der Waals surface area contributed by atoms with Gasteiger partial charge in [-0.3, -0.25) is 4.79 Å². The molecule has 6 rings (SSSR count). The van der Waals surface area contributed by atoms with E-state index in [2.05, 4.69) is 26.0 Å². The van der Waals surface area contributed by atoms with Crippen LogP contribution in [0.5, 0.6) is 0 Å². The van der Waals surface area contributed by atoms with Crippen LogP contribution >= 0.6 is 0 Å². The Morgan fingerprint density at radius 3 is 2.63 bits per heavy atom. The van der Waals surface area contributed by atoms with E-state index < -0.39 is 12.9 Å². The van der Waals surface area contributed by atoms with Crippen LogP contribution < -0.4 is 0 Å². The Kier molecular flexibility index (Phi) is 8.14. The van der Waals surface area contributed by atoms with Crippen LogP contribution in [-0.2, 0) is 20.7 Å². The van der Waals surface area contributed by atoms with Gasteiger partial charge in [-0.25, -0.2) is 9.69 Å². The molecule has 4 saturated carbocycles. The van der Waals surface area contributed by atoms with E-state index >= 15 is 0 Å². The molecule has 0 N–H and O–H groups in total. The Morgan fingerprint density at radius 1 is 0.951 bits per heavy atom. The second kappa shape index (κ2) is 11.7. The van der Waals surface area contributed by atoms with Gasteiger partial charge in [-0.05, 0) is 129 Å². The Labute approximate surface area is 247 Å². The summed E-state index contributed by atoms with van der Waals surface area (Å²) in [5.74, 6) is 4.09. The number of ether oxygens (including phenoxy) is 2. The van der Waals surface area contributed by atoms with E-state index in [1.165, 1.54) is 74.7 Å². The van der Waals surface area contributed by atoms with Gasteiger partial charge in [0.15, 0.2) is 0 Å². The maximum Gasteiger partial charge on any atom is 0.425 e. The number of fused-ring (bicyclic) bond motifs is 6. The van der Waals surface area contributed by atoms with Gasteiger partial charge in [0.1, 0.15) is 0 Å². The molecular weight excluding hydrogens is 510 g/mol. The number of rotatable bonds is 7. The van der Waals surface area contributed by atoms with E-state index in [1.54, 1.807) is 0 Å². The standard InChI is InChI=1S/C36H49NO4/c1-4-37(32-20-15-25-10-5-6-13-28(25)32)34(39)41-24-40-33(38)14-9-12-27-17-19-30-29-18-16-26-11-7-8-22-35(26,2)31(29)21-23-36(27,30)3/h1,5-6,10,13,26-27,29-32H,7-9,11-12,14-24H2,2-3H3. The summed E-state index contributed by atoms with van der Waals surface area (Å²) in [6.07, 6.45) is 23.1.